The van der Waals surface area contributed by atoms with Gasteiger partial charge in [-0.25, -0.2) is 8.78 Å². The van der Waals surface area contributed by atoms with Gasteiger partial charge in [0, 0.05) is 12.1 Å². The second kappa shape index (κ2) is 7.20. The first-order valence-electron chi connectivity index (χ1n) is 6.84. The van der Waals surface area contributed by atoms with Crippen LogP contribution in [-0.2, 0) is 6.54 Å². The lowest BCUT2D eigenvalue weighted by atomic mass is 10.0. The molecule has 0 saturated heterocycles. The normalized spacial score (nSPS) is 11.2. The molecule has 4 heteroatoms. The van der Waals surface area contributed by atoms with E-state index < -0.39 is 13.0 Å². The van der Waals surface area contributed by atoms with E-state index in [0.717, 1.165) is 29.3 Å². The van der Waals surface area contributed by atoms with Gasteiger partial charge in [-0.3, -0.25) is 0 Å². The van der Waals surface area contributed by atoms with Crippen molar-refractivity contribution in [2.24, 2.45) is 0 Å². The lowest BCUT2D eigenvalue weighted by Gasteiger charge is -2.14. The summed E-state index contributed by atoms with van der Waals surface area (Å²) >= 11 is 0. The summed E-state index contributed by atoms with van der Waals surface area (Å²) in [6.45, 7) is 3.02. The van der Waals surface area contributed by atoms with Gasteiger partial charge in [0.05, 0.1) is 0 Å². The van der Waals surface area contributed by atoms with E-state index in [1.165, 1.54) is 0 Å². The summed E-state index contributed by atoms with van der Waals surface area (Å²) in [5, 5.41) is 5.44. The number of ether oxygens (including phenoxy) is 1. The van der Waals surface area contributed by atoms with E-state index in [-0.39, 0.29) is 0 Å². The molecule has 1 N–H and O–H groups in total. The largest absolute Gasteiger partial charge is 0.487 e. The number of alkyl halides is 2. The molecule has 0 aliphatic rings. The highest BCUT2D eigenvalue weighted by Gasteiger charge is 2.11. The maximum atomic E-state index is 12.3. The summed E-state index contributed by atoms with van der Waals surface area (Å²) in [6, 6.07) is 11.6. The third kappa shape index (κ3) is 3.67. The maximum Gasteiger partial charge on any atom is 0.272 e. The molecule has 0 heterocycles. The first kappa shape index (κ1) is 14.7. The van der Waals surface area contributed by atoms with Gasteiger partial charge in [-0.05, 0) is 29.8 Å². The molecule has 0 aromatic heterocycles. The second-order valence-electron chi connectivity index (χ2n) is 4.64. The van der Waals surface area contributed by atoms with Crippen molar-refractivity contribution in [1.82, 2.24) is 5.32 Å². The van der Waals surface area contributed by atoms with Crippen LogP contribution in [0.2, 0.25) is 0 Å². The Kier molecular flexibility index (Phi) is 5.30. The van der Waals surface area contributed by atoms with Gasteiger partial charge in [0.15, 0.2) is 0 Å². The summed E-state index contributed by atoms with van der Waals surface area (Å²) in [5.41, 5.74) is 0.942. The molecule has 0 spiro atoms. The topological polar surface area (TPSA) is 21.3 Å². The minimum absolute atomic E-state index is 0.535. The minimum Gasteiger partial charge on any atom is -0.487 e. The Morgan fingerprint density at radius 3 is 2.70 bits per heavy atom. The zero-order chi connectivity index (χ0) is 14.4. The Morgan fingerprint density at radius 2 is 1.95 bits per heavy atom. The van der Waals surface area contributed by atoms with Crippen molar-refractivity contribution in [3.63, 3.8) is 0 Å². The monoisotopic (exact) mass is 279 g/mol. The summed E-state index contributed by atoms with van der Waals surface area (Å²) in [6.07, 6.45) is -1.43. The van der Waals surface area contributed by atoms with Crippen molar-refractivity contribution in [2.45, 2.75) is 26.3 Å². The van der Waals surface area contributed by atoms with E-state index >= 15 is 0 Å². The molecule has 0 unspecified atom stereocenters. The van der Waals surface area contributed by atoms with E-state index in [2.05, 4.69) is 12.2 Å². The molecular formula is C16H19F2NO. The number of hydrogen-bond donors (Lipinski definition) is 1. The first-order valence-corrected chi connectivity index (χ1v) is 6.84. The molecule has 108 valence electrons. The van der Waals surface area contributed by atoms with Crippen LogP contribution in [0.25, 0.3) is 10.8 Å². The quantitative estimate of drug-likeness (QED) is 0.774. The fourth-order valence-corrected chi connectivity index (χ4v) is 2.18. The zero-order valence-corrected chi connectivity index (χ0v) is 11.5. The van der Waals surface area contributed by atoms with Gasteiger partial charge >= 0.3 is 0 Å². The highest BCUT2D eigenvalue weighted by atomic mass is 19.3. The van der Waals surface area contributed by atoms with E-state index in [4.69, 9.17) is 4.74 Å². The second-order valence-corrected chi connectivity index (χ2v) is 4.64. The van der Waals surface area contributed by atoms with Crippen LogP contribution < -0.4 is 10.1 Å². The lowest BCUT2D eigenvalue weighted by Crippen LogP contribution is -2.16. The minimum atomic E-state index is -2.46. The Hall–Kier alpha value is -1.68. The van der Waals surface area contributed by atoms with E-state index in [0.29, 0.717) is 12.3 Å². The molecule has 2 nitrogen and oxygen atoms in total. The van der Waals surface area contributed by atoms with Gasteiger partial charge in [0.1, 0.15) is 12.4 Å². The standard InChI is InChI=1S/C16H19F2NO/c1-2-9-19-10-14-13-6-4-3-5-12(13)7-8-15(14)20-11-16(17)18/h3-8,16,19H,2,9-11H2,1H3. The highest BCUT2D eigenvalue weighted by molar-refractivity contribution is 5.87. The molecular weight excluding hydrogens is 260 g/mol. The average Bonchev–Trinajstić information content (AvgIpc) is 2.46. The summed E-state index contributed by atoms with van der Waals surface area (Å²) in [4.78, 5) is 0. The Labute approximate surface area is 117 Å². The number of benzene rings is 2. The highest BCUT2D eigenvalue weighted by Crippen LogP contribution is 2.28. The predicted molar refractivity (Wildman–Crippen MR) is 77.4 cm³/mol. The fraction of sp³-hybridized carbons (Fsp3) is 0.375. The van der Waals surface area contributed by atoms with Crippen molar-refractivity contribution in [3.8, 4) is 5.75 Å². The molecule has 0 aliphatic heterocycles. The molecule has 2 aromatic rings. The number of rotatable bonds is 7. The molecule has 20 heavy (non-hydrogen) atoms. The summed E-state index contributed by atoms with van der Waals surface area (Å²) in [7, 11) is 0. The van der Waals surface area contributed by atoms with E-state index in [1.54, 1.807) is 6.07 Å². The summed E-state index contributed by atoms with van der Waals surface area (Å²) in [5.74, 6) is 0.535. The van der Waals surface area contributed by atoms with Crippen LogP contribution in [0, 0.1) is 0 Å². The van der Waals surface area contributed by atoms with Crippen LogP contribution in [0.5, 0.6) is 5.75 Å². The van der Waals surface area contributed by atoms with E-state index in [1.807, 2.05) is 30.3 Å². The Morgan fingerprint density at radius 1 is 1.15 bits per heavy atom. The molecule has 0 aliphatic carbocycles. The molecule has 0 bridgehead atoms. The molecule has 0 saturated carbocycles. The molecule has 0 fully saturated rings. The Balaban J connectivity index is 2.31. The molecule has 0 radical (unpaired) electrons. The van der Waals surface area contributed by atoms with Gasteiger partial charge in [-0.2, -0.15) is 0 Å². The van der Waals surface area contributed by atoms with Crippen LogP contribution in [0.15, 0.2) is 36.4 Å². The number of hydrogen-bond acceptors (Lipinski definition) is 2. The molecule has 2 aromatic carbocycles. The number of fused-ring (bicyclic) bond motifs is 1. The Bertz CT molecular complexity index is 557. The van der Waals surface area contributed by atoms with Gasteiger partial charge in [0.2, 0.25) is 0 Å². The lowest BCUT2D eigenvalue weighted by molar-refractivity contribution is 0.0814. The SMILES string of the molecule is CCCNCc1c(OCC(F)F)ccc2ccccc12. The van der Waals surface area contributed by atoms with Gasteiger partial charge in [-0.15, -0.1) is 0 Å². The van der Waals surface area contributed by atoms with Crippen molar-refractivity contribution in [2.75, 3.05) is 13.2 Å². The smallest absolute Gasteiger partial charge is 0.272 e. The predicted octanol–water partition coefficient (Wildman–Crippen LogP) is 3.98. The van der Waals surface area contributed by atoms with Crippen molar-refractivity contribution >= 4 is 10.8 Å². The van der Waals surface area contributed by atoms with Crippen LogP contribution in [0.4, 0.5) is 8.78 Å². The third-order valence-corrected chi connectivity index (χ3v) is 3.09. The van der Waals surface area contributed by atoms with Crippen LogP contribution in [0.3, 0.4) is 0 Å². The van der Waals surface area contributed by atoms with Crippen molar-refractivity contribution in [1.29, 1.82) is 0 Å². The van der Waals surface area contributed by atoms with Crippen LogP contribution >= 0.6 is 0 Å². The third-order valence-electron chi connectivity index (χ3n) is 3.09. The molecule has 2 rings (SSSR count). The summed E-state index contributed by atoms with van der Waals surface area (Å²) < 4.78 is 29.9. The van der Waals surface area contributed by atoms with Crippen LogP contribution in [-0.4, -0.2) is 19.6 Å². The zero-order valence-electron chi connectivity index (χ0n) is 11.5. The van der Waals surface area contributed by atoms with Gasteiger partial charge in [0.25, 0.3) is 6.43 Å². The molecule has 0 atom stereocenters. The molecule has 0 amide bonds. The average molecular weight is 279 g/mol. The van der Waals surface area contributed by atoms with Crippen LogP contribution in [0.1, 0.15) is 18.9 Å². The maximum absolute atomic E-state index is 12.3. The van der Waals surface area contributed by atoms with E-state index in [9.17, 15) is 8.78 Å². The van der Waals surface area contributed by atoms with Crippen molar-refractivity contribution < 1.29 is 13.5 Å². The first-order chi connectivity index (χ1) is 9.72. The van der Waals surface area contributed by atoms with Gasteiger partial charge < -0.3 is 10.1 Å². The van der Waals surface area contributed by atoms with Crippen molar-refractivity contribution in [3.05, 3.63) is 42.0 Å². The van der Waals surface area contributed by atoms with Gasteiger partial charge in [-0.1, -0.05) is 37.3 Å². The number of nitrogens with one attached hydrogen (secondary N) is 1. The number of halogens is 2. The fourth-order valence-electron chi connectivity index (χ4n) is 2.18.